The van der Waals surface area contributed by atoms with E-state index in [0.29, 0.717) is 17.9 Å². The molecule has 0 radical (unpaired) electrons. The van der Waals surface area contributed by atoms with E-state index in [1.165, 1.54) is 16.9 Å². The quantitative estimate of drug-likeness (QED) is 0.692. The van der Waals surface area contributed by atoms with Crippen molar-refractivity contribution in [2.75, 3.05) is 0 Å². The molecule has 0 aliphatic carbocycles. The topological polar surface area (TPSA) is 102 Å². The van der Waals surface area contributed by atoms with Crippen LogP contribution in [0.5, 0.6) is 0 Å². The zero-order valence-corrected chi connectivity index (χ0v) is 14.3. The molecule has 8 nitrogen and oxygen atoms in total. The molecule has 9 heteroatoms. The molecule has 0 aliphatic rings. The van der Waals surface area contributed by atoms with Gasteiger partial charge >= 0.3 is 6.03 Å². The van der Waals surface area contributed by atoms with Crippen LogP contribution in [0.25, 0.3) is 11.4 Å². The second-order valence-electron chi connectivity index (χ2n) is 5.68. The van der Waals surface area contributed by atoms with Crippen LogP contribution in [0.4, 0.5) is 9.18 Å². The normalized spacial score (nSPS) is 10.4. The van der Waals surface area contributed by atoms with Crippen molar-refractivity contribution in [3.8, 4) is 11.4 Å². The number of hydrogen-bond acceptors (Lipinski definition) is 5. The van der Waals surface area contributed by atoms with Crippen molar-refractivity contribution in [3.05, 3.63) is 66.0 Å². The molecule has 0 aliphatic heterocycles. The maximum Gasteiger partial charge on any atom is 0.321 e. The number of imide groups is 1. The second-order valence-corrected chi connectivity index (χ2v) is 5.68. The number of nitrogens with one attached hydrogen (secondary N) is 2. The van der Waals surface area contributed by atoms with Gasteiger partial charge in [0.05, 0.1) is 6.54 Å². The summed E-state index contributed by atoms with van der Waals surface area (Å²) in [5.41, 5.74) is 1.55. The molecule has 0 fully saturated rings. The molecule has 3 amide bonds. The van der Waals surface area contributed by atoms with E-state index in [0.717, 1.165) is 5.56 Å². The molecule has 0 bridgehead atoms. The standard InChI is InChI=1S/C18H17FN6O2/c19-15-8-6-14(7-9-15)17-22-24-25(23-17)11-10-16(26)21-18(27)20-12-13-4-2-1-3-5-13/h1-9H,10-12H2,(H2,20,21,26,27). The van der Waals surface area contributed by atoms with Crippen molar-refractivity contribution in [2.24, 2.45) is 0 Å². The van der Waals surface area contributed by atoms with Crippen LogP contribution in [0.2, 0.25) is 0 Å². The molecule has 0 unspecified atom stereocenters. The van der Waals surface area contributed by atoms with Crippen LogP contribution in [0.15, 0.2) is 54.6 Å². The molecule has 2 aromatic carbocycles. The Balaban J connectivity index is 1.44. The average molecular weight is 368 g/mol. The highest BCUT2D eigenvalue weighted by Gasteiger charge is 2.10. The van der Waals surface area contributed by atoms with Gasteiger partial charge in [-0.2, -0.15) is 4.80 Å². The zero-order valence-electron chi connectivity index (χ0n) is 14.3. The van der Waals surface area contributed by atoms with E-state index in [1.54, 1.807) is 12.1 Å². The van der Waals surface area contributed by atoms with Crippen molar-refractivity contribution in [1.82, 2.24) is 30.8 Å². The van der Waals surface area contributed by atoms with Gasteiger partial charge in [0, 0.05) is 18.5 Å². The van der Waals surface area contributed by atoms with Gasteiger partial charge in [-0.3, -0.25) is 10.1 Å². The number of aryl methyl sites for hydroxylation is 1. The van der Waals surface area contributed by atoms with Gasteiger partial charge in [-0.05, 0) is 35.0 Å². The average Bonchev–Trinajstić information content (AvgIpc) is 3.15. The van der Waals surface area contributed by atoms with E-state index >= 15 is 0 Å². The number of halogens is 1. The van der Waals surface area contributed by atoms with Gasteiger partial charge in [0.25, 0.3) is 0 Å². The van der Waals surface area contributed by atoms with Crippen molar-refractivity contribution in [2.45, 2.75) is 19.5 Å². The third kappa shape index (κ3) is 5.43. The number of tetrazole rings is 1. The summed E-state index contributed by atoms with van der Waals surface area (Å²) in [7, 11) is 0. The Bertz CT molecular complexity index is 911. The molecule has 138 valence electrons. The van der Waals surface area contributed by atoms with Gasteiger partial charge in [-0.25, -0.2) is 9.18 Å². The van der Waals surface area contributed by atoms with E-state index in [4.69, 9.17) is 0 Å². The first-order valence-corrected chi connectivity index (χ1v) is 8.25. The number of aromatic nitrogens is 4. The second kappa shape index (κ2) is 8.65. The van der Waals surface area contributed by atoms with E-state index in [1.807, 2.05) is 30.3 Å². The Morgan fingerprint density at radius 2 is 1.78 bits per heavy atom. The van der Waals surface area contributed by atoms with Gasteiger partial charge in [-0.1, -0.05) is 30.3 Å². The molecular formula is C18H17FN6O2. The summed E-state index contributed by atoms with van der Waals surface area (Å²) in [6.45, 7) is 0.484. The lowest BCUT2D eigenvalue weighted by atomic mass is 10.2. The maximum atomic E-state index is 12.9. The SMILES string of the molecule is O=C(CCn1nnc(-c2ccc(F)cc2)n1)NC(=O)NCc1ccccc1. The molecule has 2 N–H and O–H groups in total. The third-order valence-electron chi connectivity index (χ3n) is 3.64. The number of benzene rings is 2. The fourth-order valence-corrected chi connectivity index (χ4v) is 2.27. The number of hydrogen-bond donors (Lipinski definition) is 2. The Kier molecular flexibility index (Phi) is 5.83. The smallest absolute Gasteiger partial charge is 0.321 e. The zero-order chi connectivity index (χ0) is 19.1. The van der Waals surface area contributed by atoms with E-state index < -0.39 is 11.9 Å². The number of carbonyl (C=O) groups excluding carboxylic acids is 2. The van der Waals surface area contributed by atoms with Gasteiger partial charge in [0.15, 0.2) is 0 Å². The molecule has 0 saturated carbocycles. The first-order valence-electron chi connectivity index (χ1n) is 8.25. The van der Waals surface area contributed by atoms with Crippen LogP contribution >= 0.6 is 0 Å². The lowest BCUT2D eigenvalue weighted by Gasteiger charge is -2.06. The number of urea groups is 1. The first-order chi connectivity index (χ1) is 13.1. The highest BCUT2D eigenvalue weighted by atomic mass is 19.1. The summed E-state index contributed by atoms with van der Waals surface area (Å²) >= 11 is 0. The van der Waals surface area contributed by atoms with Crippen LogP contribution in [-0.2, 0) is 17.9 Å². The minimum Gasteiger partial charge on any atom is -0.334 e. The molecule has 1 aromatic heterocycles. The third-order valence-corrected chi connectivity index (χ3v) is 3.64. The van der Waals surface area contributed by atoms with Crippen LogP contribution in [0, 0.1) is 5.82 Å². The Morgan fingerprint density at radius 3 is 2.52 bits per heavy atom. The number of nitrogens with zero attached hydrogens (tertiary/aromatic N) is 4. The fraction of sp³-hybridized carbons (Fsp3) is 0.167. The van der Waals surface area contributed by atoms with Crippen molar-refractivity contribution in [3.63, 3.8) is 0 Å². The number of carbonyl (C=O) groups is 2. The first kappa shape index (κ1) is 18.2. The lowest BCUT2D eigenvalue weighted by Crippen LogP contribution is -2.39. The Morgan fingerprint density at radius 1 is 1.04 bits per heavy atom. The molecule has 3 aromatic rings. The molecule has 0 spiro atoms. The van der Waals surface area contributed by atoms with Gasteiger partial charge in [-0.15, -0.1) is 10.2 Å². The summed E-state index contributed by atoms with van der Waals surface area (Å²) in [6, 6.07) is 14.5. The highest BCUT2D eigenvalue weighted by Crippen LogP contribution is 2.13. The summed E-state index contributed by atoms with van der Waals surface area (Å²) in [5, 5.41) is 16.7. The minimum atomic E-state index is -0.567. The summed E-state index contributed by atoms with van der Waals surface area (Å²) in [5.74, 6) is -0.481. The predicted octanol–water partition coefficient (Wildman–Crippen LogP) is 1.90. The Labute approximate surface area is 154 Å². The van der Waals surface area contributed by atoms with Crippen molar-refractivity contribution >= 4 is 11.9 Å². The van der Waals surface area contributed by atoms with E-state index in [9.17, 15) is 14.0 Å². The molecule has 0 atom stereocenters. The van der Waals surface area contributed by atoms with Crippen LogP contribution in [0.3, 0.4) is 0 Å². The van der Waals surface area contributed by atoms with Crippen LogP contribution < -0.4 is 10.6 Å². The van der Waals surface area contributed by atoms with Crippen molar-refractivity contribution in [1.29, 1.82) is 0 Å². The molecular weight excluding hydrogens is 351 g/mol. The Hall–Kier alpha value is -3.62. The summed E-state index contributed by atoms with van der Waals surface area (Å²) in [4.78, 5) is 24.8. The van der Waals surface area contributed by atoms with Gasteiger partial charge < -0.3 is 5.32 Å². The molecule has 1 heterocycles. The highest BCUT2D eigenvalue weighted by molar-refractivity contribution is 5.94. The molecule has 3 rings (SSSR count). The van der Waals surface area contributed by atoms with E-state index in [2.05, 4.69) is 26.0 Å². The van der Waals surface area contributed by atoms with Crippen LogP contribution in [0.1, 0.15) is 12.0 Å². The summed E-state index contributed by atoms with van der Waals surface area (Å²) in [6.07, 6.45) is 0.0119. The van der Waals surface area contributed by atoms with Crippen LogP contribution in [-0.4, -0.2) is 32.1 Å². The fourth-order valence-electron chi connectivity index (χ4n) is 2.27. The molecule has 0 saturated heterocycles. The van der Waals surface area contributed by atoms with E-state index in [-0.39, 0.29) is 18.8 Å². The maximum absolute atomic E-state index is 12.9. The largest absolute Gasteiger partial charge is 0.334 e. The lowest BCUT2D eigenvalue weighted by molar-refractivity contribution is -0.120. The number of amides is 3. The summed E-state index contributed by atoms with van der Waals surface area (Å²) < 4.78 is 12.9. The number of rotatable bonds is 6. The van der Waals surface area contributed by atoms with Gasteiger partial charge in [0.1, 0.15) is 5.82 Å². The van der Waals surface area contributed by atoms with Gasteiger partial charge in [0.2, 0.25) is 11.7 Å². The van der Waals surface area contributed by atoms with Crippen molar-refractivity contribution < 1.29 is 14.0 Å². The monoisotopic (exact) mass is 368 g/mol. The predicted molar refractivity (Wildman–Crippen MR) is 94.6 cm³/mol. The molecule has 27 heavy (non-hydrogen) atoms. The minimum absolute atomic E-state index is 0.0119.